The summed E-state index contributed by atoms with van der Waals surface area (Å²) >= 11 is 0. The van der Waals surface area contributed by atoms with Crippen molar-refractivity contribution in [2.24, 2.45) is 5.92 Å². The molecule has 9 heteroatoms. The van der Waals surface area contributed by atoms with Crippen molar-refractivity contribution in [3.63, 3.8) is 0 Å². The number of hydrogen-bond acceptors (Lipinski definition) is 5. The Balaban J connectivity index is 2.02. The van der Waals surface area contributed by atoms with E-state index in [0.29, 0.717) is 0 Å². The van der Waals surface area contributed by atoms with Crippen molar-refractivity contribution in [3.05, 3.63) is 0 Å². The van der Waals surface area contributed by atoms with Crippen LogP contribution in [0.3, 0.4) is 0 Å². The van der Waals surface area contributed by atoms with Crippen molar-refractivity contribution in [2.45, 2.75) is 6.10 Å². The lowest BCUT2D eigenvalue weighted by Gasteiger charge is -2.39. The van der Waals surface area contributed by atoms with E-state index in [4.69, 9.17) is 15.1 Å². The zero-order valence-corrected chi connectivity index (χ0v) is 10.3. The first-order chi connectivity index (χ1) is 8.45. The van der Waals surface area contributed by atoms with Crippen LogP contribution in [-0.2, 0) is 19.7 Å². The Labute approximate surface area is 105 Å². The molecule has 0 aliphatic carbocycles. The Morgan fingerprint density at radius 3 is 2.56 bits per heavy atom. The van der Waals surface area contributed by atoms with Gasteiger partial charge in [-0.3, -0.25) is 0 Å². The third kappa shape index (κ3) is 2.32. The fourth-order valence-electron chi connectivity index (χ4n) is 1.86. The Kier molecular flexibility index (Phi) is 3.54. The second kappa shape index (κ2) is 4.81. The summed E-state index contributed by atoms with van der Waals surface area (Å²) in [7, 11) is -3.66. The van der Waals surface area contributed by atoms with Crippen LogP contribution < -0.4 is 0 Å². The van der Waals surface area contributed by atoms with Crippen LogP contribution in [0.2, 0.25) is 0 Å². The van der Waals surface area contributed by atoms with Gasteiger partial charge in [0.2, 0.25) is 0 Å². The molecular formula is C9H13N3O5S. The number of carbonyl (C=O) groups is 1. The Hall–Kier alpha value is -1.21. The topological polar surface area (TPSA) is 111 Å². The van der Waals surface area contributed by atoms with Crippen LogP contribution >= 0.6 is 0 Å². The summed E-state index contributed by atoms with van der Waals surface area (Å²) in [6, 6.07) is 1.99. The van der Waals surface area contributed by atoms with Crippen molar-refractivity contribution < 1.29 is 23.1 Å². The number of nitrogens with zero attached hydrogens (tertiary/aromatic N) is 3. The number of carboxylic acid groups (broad SMARTS) is 1. The summed E-state index contributed by atoms with van der Waals surface area (Å²) in [5.41, 5.74) is 0. The van der Waals surface area contributed by atoms with Crippen LogP contribution in [0.5, 0.6) is 0 Å². The van der Waals surface area contributed by atoms with Gasteiger partial charge in [0.15, 0.2) is 6.10 Å². The van der Waals surface area contributed by atoms with Gasteiger partial charge in [0.05, 0.1) is 25.1 Å². The van der Waals surface area contributed by atoms with Gasteiger partial charge in [-0.15, -0.1) is 0 Å². The van der Waals surface area contributed by atoms with Gasteiger partial charge in [0.1, 0.15) is 0 Å². The van der Waals surface area contributed by atoms with Gasteiger partial charge in [0, 0.05) is 19.6 Å². The summed E-state index contributed by atoms with van der Waals surface area (Å²) in [5, 5.41) is 17.4. The normalized spacial score (nSPS) is 27.4. The lowest BCUT2D eigenvalue weighted by Crippen LogP contribution is -2.58. The summed E-state index contributed by atoms with van der Waals surface area (Å²) < 4.78 is 31.4. The molecule has 18 heavy (non-hydrogen) atoms. The molecule has 0 amide bonds. The zero-order chi connectivity index (χ0) is 13.3. The number of nitriles is 1. The van der Waals surface area contributed by atoms with Crippen LogP contribution in [-0.4, -0.2) is 67.0 Å². The summed E-state index contributed by atoms with van der Waals surface area (Å²) in [6.07, 6.45) is -1.12. The van der Waals surface area contributed by atoms with Crippen molar-refractivity contribution >= 4 is 16.2 Å². The number of ether oxygens (including phenoxy) is 1. The second-order valence-electron chi connectivity index (χ2n) is 4.21. The predicted molar refractivity (Wildman–Crippen MR) is 58.5 cm³/mol. The molecule has 0 radical (unpaired) electrons. The van der Waals surface area contributed by atoms with E-state index in [0.717, 1.165) is 4.31 Å². The van der Waals surface area contributed by atoms with Gasteiger partial charge >= 0.3 is 5.97 Å². The molecule has 100 valence electrons. The fourth-order valence-corrected chi connectivity index (χ4v) is 3.55. The van der Waals surface area contributed by atoms with Crippen LogP contribution in [0, 0.1) is 17.2 Å². The summed E-state index contributed by atoms with van der Waals surface area (Å²) in [5.74, 6) is -1.44. The average molecular weight is 275 g/mol. The minimum Gasteiger partial charge on any atom is -0.479 e. The van der Waals surface area contributed by atoms with E-state index >= 15 is 0 Å². The monoisotopic (exact) mass is 275 g/mol. The quantitative estimate of drug-likeness (QED) is 0.669. The Morgan fingerprint density at radius 1 is 1.33 bits per heavy atom. The number of morpholine rings is 1. The Morgan fingerprint density at radius 2 is 2.00 bits per heavy atom. The Bertz CT molecular complexity index is 479. The third-order valence-corrected chi connectivity index (χ3v) is 4.92. The highest BCUT2D eigenvalue weighted by atomic mass is 32.2. The van der Waals surface area contributed by atoms with Crippen molar-refractivity contribution in [2.75, 3.05) is 32.8 Å². The van der Waals surface area contributed by atoms with Crippen molar-refractivity contribution in [1.82, 2.24) is 8.61 Å². The molecular weight excluding hydrogens is 262 g/mol. The standard InChI is InChI=1S/C9H13N3O5S/c10-3-7-4-12(5-7)18(15,16)11-1-2-17-8(6-11)9(13)14/h7-8H,1-2,4-6H2,(H,13,14)/t8-/m0/s1. The molecule has 0 aromatic rings. The first kappa shape index (κ1) is 13.2. The minimum absolute atomic E-state index is 0.0612. The van der Waals surface area contributed by atoms with Gasteiger partial charge in [-0.2, -0.15) is 22.3 Å². The third-order valence-electron chi connectivity index (χ3n) is 2.99. The lowest BCUT2D eigenvalue weighted by molar-refractivity contribution is -0.153. The summed E-state index contributed by atoms with van der Waals surface area (Å²) in [4.78, 5) is 10.8. The average Bonchev–Trinajstić information content (AvgIpc) is 2.27. The predicted octanol–water partition coefficient (Wildman–Crippen LogP) is -1.53. The molecule has 2 heterocycles. The first-order valence-electron chi connectivity index (χ1n) is 5.44. The number of rotatable bonds is 3. The minimum atomic E-state index is -3.66. The van der Waals surface area contributed by atoms with Crippen molar-refractivity contribution in [3.8, 4) is 6.07 Å². The molecule has 2 aliphatic heterocycles. The second-order valence-corrected chi connectivity index (χ2v) is 6.13. The van der Waals surface area contributed by atoms with Gasteiger partial charge in [-0.1, -0.05) is 0 Å². The molecule has 0 saturated carbocycles. The molecule has 2 aliphatic rings. The molecule has 0 unspecified atom stereocenters. The van der Waals surface area contributed by atoms with Gasteiger partial charge in [-0.25, -0.2) is 4.79 Å². The van der Waals surface area contributed by atoms with E-state index in [1.807, 2.05) is 6.07 Å². The van der Waals surface area contributed by atoms with Crippen LogP contribution in [0.15, 0.2) is 0 Å². The largest absolute Gasteiger partial charge is 0.479 e. The van der Waals surface area contributed by atoms with Gasteiger partial charge in [-0.05, 0) is 0 Å². The molecule has 0 aromatic heterocycles. The van der Waals surface area contributed by atoms with Gasteiger partial charge < -0.3 is 9.84 Å². The highest BCUT2D eigenvalue weighted by Gasteiger charge is 2.42. The molecule has 0 spiro atoms. The molecule has 8 nitrogen and oxygen atoms in total. The van der Waals surface area contributed by atoms with Crippen molar-refractivity contribution in [1.29, 1.82) is 5.26 Å². The van der Waals surface area contributed by atoms with Crippen LogP contribution in [0.4, 0.5) is 0 Å². The van der Waals surface area contributed by atoms with E-state index in [1.54, 1.807) is 0 Å². The van der Waals surface area contributed by atoms with Crippen LogP contribution in [0.25, 0.3) is 0 Å². The zero-order valence-electron chi connectivity index (χ0n) is 9.52. The molecule has 1 atom stereocenters. The maximum absolute atomic E-state index is 12.1. The molecule has 2 saturated heterocycles. The molecule has 2 fully saturated rings. The fraction of sp³-hybridized carbons (Fsp3) is 0.778. The molecule has 1 N–H and O–H groups in total. The SMILES string of the molecule is N#CC1CN(S(=O)(=O)N2CCO[C@H](C(=O)O)C2)C1. The maximum Gasteiger partial charge on any atom is 0.334 e. The van der Waals surface area contributed by atoms with Crippen LogP contribution in [0.1, 0.15) is 0 Å². The van der Waals surface area contributed by atoms with Gasteiger partial charge in [0.25, 0.3) is 10.2 Å². The van der Waals surface area contributed by atoms with E-state index in [1.165, 1.54) is 4.31 Å². The molecule has 0 aromatic carbocycles. The van der Waals surface area contributed by atoms with E-state index < -0.39 is 22.3 Å². The number of aliphatic carboxylic acids is 1. The molecule has 2 rings (SSSR count). The maximum atomic E-state index is 12.1. The van der Waals surface area contributed by atoms with E-state index in [9.17, 15) is 13.2 Å². The number of carboxylic acids is 1. The first-order valence-corrected chi connectivity index (χ1v) is 6.84. The summed E-state index contributed by atoms with van der Waals surface area (Å²) in [6.45, 7) is 0.360. The lowest BCUT2D eigenvalue weighted by atomic mass is 10.1. The highest BCUT2D eigenvalue weighted by Crippen LogP contribution is 2.22. The highest BCUT2D eigenvalue weighted by molar-refractivity contribution is 7.86. The smallest absolute Gasteiger partial charge is 0.334 e. The van der Waals surface area contributed by atoms with E-state index in [2.05, 4.69) is 0 Å². The molecule has 0 bridgehead atoms. The van der Waals surface area contributed by atoms with E-state index in [-0.39, 0.29) is 38.7 Å². The number of hydrogen-bond donors (Lipinski definition) is 1.